The number of aliphatic hydroxyl groups is 1. The smallest absolute Gasteiger partial charge is 0.355 e. The number of aryl methyl sites for hydroxylation is 1. The molecular weight excluding hydrogens is 1270 g/mol. The van der Waals surface area contributed by atoms with Gasteiger partial charge in [0, 0.05) is 67.0 Å². The van der Waals surface area contributed by atoms with Gasteiger partial charge in [0.25, 0.3) is 0 Å². The lowest BCUT2D eigenvalue weighted by molar-refractivity contribution is -0.248. The number of nitrogens with zero attached hydrogens (tertiary/aromatic N) is 10. The minimum atomic E-state index is -1.09. The van der Waals surface area contributed by atoms with Gasteiger partial charge in [0.05, 0.1) is 56.8 Å². The summed E-state index contributed by atoms with van der Waals surface area (Å²) in [4.78, 5) is 75.5. The van der Waals surface area contributed by atoms with Crippen molar-refractivity contribution in [2.75, 3.05) is 50.1 Å². The number of aromatic nitrogens is 7. The van der Waals surface area contributed by atoms with Gasteiger partial charge in [-0.2, -0.15) is 5.10 Å². The molecule has 7 heterocycles. The average Bonchev–Trinajstić information content (AvgIpc) is 0.879. The number of likely N-dealkylation sites (N-methyl/N-ethyl adjacent to an activating group) is 1. The van der Waals surface area contributed by atoms with Gasteiger partial charge in [0.1, 0.15) is 17.9 Å². The number of likely N-dealkylation sites (tertiary alicyclic amines) is 1. The summed E-state index contributed by atoms with van der Waals surface area (Å²) in [6.07, 6.45) is 19.5. The molecule has 1 saturated heterocycles. The number of ether oxygens (including phenoxy) is 1. The fourth-order valence-corrected chi connectivity index (χ4v) is 19.6. The number of unbranched alkanes of at least 4 members (excludes halogenated alkanes) is 8. The van der Waals surface area contributed by atoms with Gasteiger partial charge in [-0.15, -0.1) is 21.5 Å². The fraction of sp³-hybridized carbons (Fsp3) is 0.579. The number of pyridine rings is 1. The second-order valence-electron chi connectivity index (χ2n) is 31.3. The van der Waals surface area contributed by atoms with E-state index >= 15 is 0 Å². The number of thiazole rings is 2. The molecular formula is C76H101N13O7S2. The number of carboxylic acids is 1. The molecule has 20 nitrogen and oxygen atoms in total. The van der Waals surface area contributed by atoms with Crippen molar-refractivity contribution in [2.45, 2.75) is 221 Å². The largest absolute Gasteiger partial charge is 0.476 e. The van der Waals surface area contributed by atoms with Crippen molar-refractivity contribution < 1.29 is 34.1 Å². The molecule has 4 saturated carbocycles. The van der Waals surface area contributed by atoms with E-state index in [1.807, 2.05) is 113 Å². The molecule has 5 fully saturated rings. The van der Waals surface area contributed by atoms with E-state index in [9.17, 15) is 29.4 Å². The van der Waals surface area contributed by atoms with Gasteiger partial charge in [-0.25, -0.2) is 19.7 Å². The second kappa shape index (κ2) is 29.1. The minimum Gasteiger partial charge on any atom is -0.476 e. The quantitative estimate of drug-likeness (QED) is 0.0274. The third-order valence-corrected chi connectivity index (χ3v) is 23.6. The number of amides is 3. The molecule has 13 rings (SSSR count). The van der Waals surface area contributed by atoms with E-state index in [4.69, 9.17) is 24.9 Å². The van der Waals surface area contributed by atoms with Crippen molar-refractivity contribution in [3.8, 4) is 21.6 Å². The first-order valence-corrected chi connectivity index (χ1v) is 37.4. The Morgan fingerprint density at radius 1 is 0.827 bits per heavy atom. The third-order valence-electron chi connectivity index (χ3n) is 21.7. The topological polar surface area (TPSA) is 246 Å². The molecule has 4 aliphatic carbocycles. The van der Waals surface area contributed by atoms with E-state index in [0.717, 1.165) is 156 Å². The van der Waals surface area contributed by atoms with Crippen molar-refractivity contribution in [1.29, 1.82) is 0 Å². The Hall–Kier alpha value is -7.24. The molecule has 8 atom stereocenters. The second-order valence-corrected chi connectivity index (χ2v) is 33.2. The number of hydrogen-bond donors (Lipinski definition) is 5. The third kappa shape index (κ3) is 15.7. The Labute approximate surface area is 585 Å². The molecule has 5 N–H and O–H groups in total. The summed E-state index contributed by atoms with van der Waals surface area (Å²) in [5.74, 6) is -0.0617. The zero-order valence-corrected chi connectivity index (χ0v) is 60.8. The molecule has 4 bridgehead atoms. The molecule has 6 aliphatic rings. The van der Waals surface area contributed by atoms with Crippen LogP contribution in [0.2, 0.25) is 0 Å². The Balaban J connectivity index is 0.558. The lowest BCUT2D eigenvalue weighted by Crippen LogP contribution is -2.64. The lowest BCUT2D eigenvalue weighted by Gasteiger charge is -2.69. The van der Waals surface area contributed by atoms with Crippen molar-refractivity contribution in [1.82, 2.24) is 55.4 Å². The van der Waals surface area contributed by atoms with Crippen molar-refractivity contribution in [3.05, 3.63) is 106 Å². The first-order chi connectivity index (χ1) is 46.8. The molecule has 5 aromatic heterocycles. The summed E-state index contributed by atoms with van der Waals surface area (Å²) in [6.45, 7) is 22.8. The number of carbonyl (C=O) groups excluding carboxylic acids is 3. The van der Waals surface area contributed by atoms with Crippen LogP contribution in [0, 0.1) is 42.4 Å². The van der Waals surface area contributed by atoms with Crippen LogP contribution in [0.5, 0.6) is 0 Å². The van der Waals surface area contributed by atoms with Gasteiger partial charge in [0.15, 0.2) is 22.5 Å². The number of carbonyl (C=O) groups is 4. The van der Waals surface area contributed by atoms with Crippen LogP contribution in [0.25, 0.3) is 31.8 Å². The average molecular weight is 1370 g/mol. The van der Waals surface area contributed by atoms with Crippen LogP contribution in [0.3, 0.4) is 0 Å². The molecule has 7 aromatic rings. The molecule has 524 valence electrons. The van der Waals surface area contributed by atoms with Crippen LogP contribution < -0.4 is 20.9 Å². The standard InChI is InChI=1S/C76H101N13O7S2/c1-48-55-23-22-34-87(67(55)85-84-66(48)83-71-80-58-24-19-20-25-60(58)98-71)61-32-31-56(63(81-61)70(94)95)57-38-78-89(51(57)4)46-75-41-73(8)40-74(9,42-75)44-76(43-73,45-75)96-36-35-86(10)33-21-17-15-13-11-12-14-16-18-26-62(91)82-65(72(5,6)7)69(93)88-39-54(90)37-59(88)68(92)79-49(2)52-27-29-53(30-28-52)64-50(3)77-47-97-64/h19-20,24-25,27-32,38,47,49,54,59,65,90H,11-18,21-23,26,33-37,39-46H2,1-10H3,(H,79,92)(H,82,91)(H,94,95)(H,80,83,84)/t49-,54+,59-,65+,73-,74+,75?,76?/m0/s1. The summed E-state index contributed by atoms with van der Waals surface area (Å²) in [6, 6.07) is 17.9. The maximum absolute atomic E-state index is 14.2. The monoisotopic (exact) mass is 1370 g/mol. The predicted octanol–water partition coefficient (Wildman–Crippen LogP) is 14.3. The molecule has 2 unspecified atom stereocenters. The van der Waals surface area contributed by atoms with Crippen LogP contribution >= 0.6 is 22.7 Å². The van der Waals surface area contributed by atoms with E-state index in [2.05, 4.69) is 69.5 Å². The first kappa shape index (κ1) is 70.6. The molecule has 2 aliphatic heterocycles. The normalized spacial score (nSPS) is 23.3. The number of carboxylic acid groups (broad SMARTS) is 1. The minimum absolute atomic E-state index is 0.00305. The summed E-state index contributed by atoms with van der Waals surface area (Å²) in [7, 11) is 2.22. The van der Waals surface area contributed by atoms with Crippen LogP contribution in [0.15, 0.2) is 72.4 Å². The van der Waals surface area contributed by atoms with Crippen molar-refractivity contribution in [3.63, 3.8) is 0 Å². The van der Waals surface area contributed by atoms with Gasteiger partial charge in [-0.1, -0.05) is 127 Å². The highest BCUT2D eigenvalue weighted by atomic mass is 32.1. The van der Waals surface area contributed by atoms with Crippen molar-refractivity contribution >= 4 is 79.2 Å². The van der Waals surface area contributed by atoms with Crippen LogP contribution in [0.4, 0.5) is 22.6 Å². The van der Waals surface area contributed by atoms with Crippen LogP contribution in [-0.4, -0.2) is 142 Å². The number of para-hydroxylation sites is 1. The number of aliphatic hydroxyl groups excluding tert-OH is 1. The zero-order chi connectivity index (χ0) is 69.3. The molecule has 98 heavy (non-hydrogen) atoms. The Morgan fingerprint density at radius 3 is 2.23 bits per heavy atom. The number of nitrogens with one attached hydrogen (secondary N) is 3. The van der Waals surface area contributed by atoms with E-state index in [-0.39, 0.29) is 64.3 Å². The molecule has 0 radical (unpaired) electrons. The SMILES string of the molecule is Cc1ncsc1-c1ccc([C@H](C)NC(=O)[C@@H]2C[C@@H](O)CN2C(=O)[C@@H](NC(=O)CCCCCCCCCCCN(C)CCOC23CC4(Cn5ncc(-c6ccc(N7CCCc8c7nnc(Nc7nc9ccccc9s7)c8C)nc6C(=O)O)c5C)C[C@@](C)(C2)C[C@](C)(C4)C3)C(C)(C)C)cc1. The van der Waals surface area contributed by atoms with Crippen LogP contribution in [0.1, 0.15) is 202 Å². The number of β-amino-alcohol motifs (C(OH)–C–C–N with tert-alkyl or cyclic N) is 1. The summed E-state index contributed by atoms with van der Waals surface area (Å²) >= 11 is 3.16. The highest BCUT2D eigenvalue weighted by Crippen LogP contribution is 2.72. The summed E-state index contributed by atoms with van der Waals surface area (Å²) < 4.78 is 10.4. The molecule has 0 spiro atoms. The number of benzene rings is 2. The van der Waals surface area contributed by atoms with E-state index in [1.54, 1.807) is 22.7 Å². The number of hydrogen-bond acceptors (Lipinski definition) is 17. The lowest BCUT2D eigenvalue weighted by atomic mass is 9.39. The van der Waals surface area contributed by atoms with Gasteiger partial charge < -0.3 is 45.6 Å². The fourth-order valence-electron chi connectivity index (χ4n) is 17.9. The zero-order valence-electron chi connectivity index (χ0n) is 59.1. The van der Waals surface area contributed by atoms with E-state index in [1.165, 1.54) is 37.0 Å². The highest BCUT2D eigenvalue weighted by Gasteiger charge is 2.66. The van der Waals surface area contributed by atoms with E-state index < -0.39 is 29.6 Å². The van der Waals surface area contributed by atoms with Gasteiger partial charge in [-0.05, 0) is 163 Å². The van der Waals surface area contributed by atoms with E-state index in [0.29, 0.717) is 42.6 Å². The molecule has 2 aromatic carbocycles. The maximum atomic E-state index is 14.2. The maximum Gasteiger partial charge on any atom is 0.355 e. The van der Waals surface area contributed by atoms with Gasteiger partial charge >= 0.3 is 5.97 Å². The molecule has 3 amide bonds. The Kier molecular flexibility index (Phi) is 21.0. The van der Waals surface area contributed by atoms with Crippen molar-refractivity contribution in [2.24, 2.45) is 21.7 Å². The number of fused-ring (bicyclic) bond motifs is 2. The Morgan fingerprint density at radius 2 is 1.54 bits per heavy atom. The molecule has 22 heteroatoms. The van der Waals surface area contributed by atoms with Gasteiger partial charge in [-0.3, -0.25) is 19.1 Å². The number of rotatable bonds is 29. The van der Waals surface area contributed by atoms with Gasteiger partial charge in [0.2, 0.25) is 17.7 Å². The summed E-state index contributed by atoms with van der Waals surface area (Å²) in [5, 5.41) is 46.1. The number of anilines is 4. The Bertz CT molecular complexity index is 3980. The predicted molar refractivity (Wildman–Crippen MR) is 387 cm³/mol. The summed E-state index contributed by atoms with van der Waals surface area (Å²) in [5.41, 5.74) is 9.57. The highest BCUT2D eigenvalue weighted by molar-refractivity contribution is 7.22. The van der Waals surface area contributed by atoms with Crippen LogP contribution in [-0.2, 0) is 32.1 Å². The number of aromatic carboxylic acids is 1. The first-order valence-electron chi connectivity index (χ1n) is 35.7.